The number of thiazole rings is 1. The number of hydrogen-bond acceptors (Lipinski definition) is 4. The maximum atomic E-state index is 5.35. The number of nitrogens with zero attached hydrogens (tertiary/aromatic N) is 1. The third-order valence-corrected chi connectivity index (χ3v) is 3.55. The summed E-state index contributed by atoms with van der Waals surface area (Å²) in [6, 6.07) is 14.5. The Hall–Kier alpha value is -1.91. The number of hydrazine groups is 1. The summed E-state index contributed by atoms with van der Waals surface area (Å²) in [4.78, 5) is 4.43. The quantitative estimate of drug-likeness (QED) is 0.535. The van der Waals surface area contributed by atoms with E-state index in [4.69, 9.17) is 5.84 Å². The van der Waals surface area contributed by atoms with Crippen molar-refractivity contribution in [3.63, 3.8) is 0 Å². The van der Waals surface area contributed by atoms with Crippen molar-refractivity contribution in [2.45, 2.75) is 0 Å². The fraction of sp³-hybridized carbons (Fsp3) is 0. The van der Waals surface area contributed by atoms with Crippen LogP contribution in [-0.2, 0) is 0 Å². The molecule has 0 radical (unpaired) electrons. The molecule has 3 aromatic rings. The molecule has 0 amide bonds. The van der Waals surface area contributed by atoms with E-state index in [-0.39, 0.29) is 0 Å². The van der Waals surface area contributed by atoms with Gasteiger partial charge in [-0.2, -0.15) is 0 Å². The summed E-state index contributed by atoms with van der Waals surface area (Å²) >= 11 is 1.59. The van der Waals surface area contributed by atoms with Crippen LogP contribution >= 0.6 is 11.3 Å². The molecular weight excluding hydrogens is 230 g/mol. The van der Waals surface area contributed by atoms with Gasteiger partial charge in [-0.3, -0.25) is 0 Å². The second-order valence-corrected chi connectivity index (χ2v) is 4.57. The number of aromatic nitrogens is 1. The predicted molar refractivity (Wildman–Crippen MR) is 72.9 cm³/mol. The molecule has 17 heavy (non-hydrogen) atoms. The Balaban J connectivity index is 2.23. The van der Waals surface area contributed by atoms with E-state index in [1.54, 1.807) is 11.3 Å². The molecule has 0 atom stereocenters. The van der Waals surface area contributed by atoms with Crippen LogP contribution in [0.15, 0.2) is 47.8 Å². The van der Waals surface area contributed by atoms with Gasteiger partial charge in [0.1, 0.15) is 5.01 Å². The fourth-order valence-electron chi connectivity index (χ4n) is 1.88. The predicted octanol–water partition coefficient (Wildman–Crippen LogP) is 3.25. The molecule has 0 unspecified atom stereocenters. The summed E-state index contributed by atoms with van der Waals surface area (Å²) in [5.41, 5.74) is 3.71. The first kappa shape index (κ1) is 10.3. The first-order chi connectivity index (χ1) is 8.38. The standard InChI is InChI=1S/C13H11N3S/c14-16-12-8-17-13(15-12)11-7-3-5-9-4-1-2-6-10(9)11/h1-8,16H,14H2. The molecule has 0 spiro atoms. The fourth-order valence-corrected chi connectivity index (χ4v) is 2.68. The molecule has 0 saturated heterocycles. The molecule has 1 heterocycles. The van der Waals surface area contributed by atoms with Crippen LogP contribution in [0.3, 0.4) is 0 Å². The lowest BCUT2D eigenvalue weighted by atomic mass is 10.1. The second-order valence-electron chi connectivity index (χ2n) is 3.71. The van der Waals surface area contributed by atoms with Crippen molar-refractivity contribution in [1.29, 1.82) is 0 Å². The molecule has 4 heteroatoms. The summed E-state index contributed by atoms with van der Waals surface area (Å²) in [5.74, 6) is 6.05. The van der Waals surface area contributed by atoms with E-state index in [1.807, 2.05) is 17.5 Å². The van der Waals surface area contributed by atoms with Crippen molar-refractivity contribution in [2.75, 3.05) is 5.43 Å². The smallest absolute Gasteiger partial charge is 0.151 e. The number of nitrogen functional groups attached to an aromatic ring is 1. The number of nitrogens with one attached hydrogen (secondary N) is 1. The lowest BCUT2D eigenvalue weighted by molar-refractivity contribution is 1.27. The number of nitrogens with two attached hydrogens (primary N) is 1. The van der Waals surface area contributed by atoms with E-state index in [2.05, 4.69) is 40.7 Å². The Bertz CT molecular complexity index is 655. The number of anilines is 1. The third-order valence-electron chi connectivity index (χ3n) is 2.67. The van der Waals surface area contributed by atoms with Gasteiger partial charge >= 0.3 is 0 Å². The average molecular weight is 241 g/mol. The Kier molecular flexibility index (Phi) is 2.51. The first-order valence-corrected chi connectivity index (χ1v) is 6.17. The maximum absolute atomic E-state index is 5.35. The second kappa shape index (κ2) is 4.16. The van der Waals surface area contributed by atoms with E-state index in [0.717, 1.165) is 10.6 Å². The highest BCUT2D eigenvalue weighted by Crippen LogP contribution is 2.31. The number of hydrogen-bond donors (Lipinski definition) is 2. The number of fused-ring (bicyclic) bond motifs is 1. The summed E-state index contributed by atoms with van der Waals surface area (Å²) in [6.07, 6.45) is 0. The molecule has 0 aliphatic heterocycles. The Morgan fingerprint density at radius 2 is 1.88 bits per heavy atom. The molecule has 0 saturated carbocycles. The van der Waals surface area contributed by atoms with E-state index >= 15 is 0 Å². The van der Waals surface area contributed by atoms with Crippen molar-refractivity contribution >= 4 is 27.9 Å². The van der Waals surface area contributed by atoms with Gasteiger partial charge < -0.3 is 5.43 Å². The third kappa shape index (κ3) is 1.77. The molecule has 3 nitrogen and oxygen atoms in total. The summed E-state index contributed by atoms with van der Waals surface area (Å²) < 4.78 is 0. The van der Waals surface area contributed by atoms with Crippen LogP contribution in [0.25, 0.3) is 21.3 Å². The Morgan fingerprint density at radius 1 is 1.06 bits per heavy atom. The SMILES string of the molecule is NNc1csc(-c2cccc3ccccc23)n1. The molecule has 0 aliphatic rings. The summed E-state index contributed by atoms with van der Waals surface area (Å²) in [5, 5.41) is 5.34. The molecule has 84 valence electrons. The number of benzene rings is 2. The minimum absolute atomic E-state index is 0.706. The van der Waals surface area contributed by atoms with E-state index in [0.29, 0.717) is 5.82 Å². The van der Waals surface area contributed by atoms with Gasteiger partial charge in [0, 0.05) is 10.9 Å². The maximum Gasteiger partial charge on any atom is 0.151 e. The largest absolute Gasteiger partial charge is 0.308 e. The van der Waals surface area contributed by atoms with Crippen molar-refractivity contribution in [1.82, 2.24) is 4.98 Å². The van der Waals surface area contributed by atoms with Crippen molar-refractivity contribution in [3.05, 3.63) is 47.8 Å². The van der Waals surface area contributed by atoms with Gasteiger partial charge in [-0.05, 0) is 10.8 Å². The van der Waals surface area contributed by atoms with Gasteiger partial charge in [0.2, 0.25) is 0 Å². The van der Waals surface area contributed by atoms with E-state index in [1.165, 1.54) is 10.8 Å². The summed E-state index contributed by atoms with van der Waals surface area (Å²) in [7, 11) is 0. The zero-order chi connectivity index (χ0) is 11.7. The van der Waals surface area contributed by atoms with Crippen LogP contribution in [-0.4, -0.2) is 4.98 Å². The number of rotatable bonds is 2. The lowest BCUT2D eigenvalue weighted by Crippen LogP contribution is -2.06. The van der Waals surface area contributed by atoms with Crippen LogP contribution in [0.1, 0.15) is 0 Å². The highest BCUT2D eigenvalue weighted by atomic mass is 32.1. The zero-order valence-electron chi connectivity index (χ0n) is 9.05. The molecule has 2 aromatic carbocycles. The molecule has 0 fully saturated rings. The van der Waals surface area contributed by atoms with Gasteiger partial charge in [-0.1, -0.05) is 42.5 Å². The van der Waals surface area contributed by atoms with Crippen LogP contribution in [0.4, 0.5) is 5.82 Å². The van der Waals surface area contributed by atoms with Gasteiger partial charge in [0.25, 0.3) is 0 Å². The molecule has 1 aromatic heterocycles. The topological polar surface area (TPSA) is 50.9 Å². The highest BCUT2D eigenvalue weighted by molar-refractivity contribution is 7.13. The van der Waals surface area contributed by atoms with Crippen LogP contribution in [0.5, 0.6) is 0 Å². The molecular formula is C13H11N3S. The minimum atomic E-state index is 0.706. The zero-order valence-corrected chi connectivity index (χ0v) is 9.87. The minimum Gasteiger partial charge on any atom is -0.308 e. The monoisotopic (exact) mass is 241 g/mol. The first-order valence-electron chi connectivity index (χ1n) is 5.29. The molecule has 3 rings (SSSR count). The van der Waals surface area contributed by atoms with Gasteiger partial charge in [-0.25, -0.2) is 10.8 Å². The van der Waals surface area contributed by atoms with Crippen molar-refractivity contribution < 1.29 is 0 Å². The van der Waals surface area contributed by atoms with Gasteiger partial charge in [-0.15, -0.1) is 11.3 Å². The molecule has 3 N–H and O–H groups in total. The Morgan fingerprint density at radius 3 is 2.71 bits per heavy atom. The van der Waals surface area contributed by atoms with Gasteiger partial charge in [0.05, 0.1) is 0 Å². The van der Waals surface area contributed by atoms with Crippen molar-refractivity contribution in [3.8, 4) is 10.6 Å². The van der Waals surface area contributed by atoms with Crippen LogP contribution in [0.2, 0.25) is 0 Å². The molecule has 0 bridgehead atoms. The van der Waals surface area contributed by atoms with Gasteiger partial charge in [0.15, 0.2) is 5.82 Å². The molecule has 0 aliphatic carbocycles. The summed E-state index contributed by atoms with van der Waals surface area (Å²) in [6.45, 7) is 0. The van der Waals surface area contributed by atoms with E-state index < -0.39 is 0 Å². The lowest BCUT2D eigenvalue weighted by Gasteiger charge is -2.02. The van der Waals surface area contributed by atoms with Crippen molar-refractivity contribution in [2.24, 2.45) is 5.84 Å². The average Bonchev–Trinajstić information content (AvgIpc) is 2.87. The van der Waals surface area contributed by atoms with Crippen LogP contribution in [0, 0.1) is 0 Å². The Labute approximate surface area is 103 Å². The van der Waals surface area contributed by atoms with E-state index in [9.17, 15) is 0 Å². The highest BCUT2D eigenvalue weighted by Gasteiger charge is 2.07. The normalized spacial score (nSPS) is 10.6. The van der Waals surface area contributed by atoms with Crippen LogP contribution < -0.4 is 11.3 Å².